The average Bonchev–Trinajstić information content (AvgIpc) is 2.55. The van der Waals surface area contributed by atoms with E-state index >= 15 is 4.39 Å². The van der Waals surface area contributed by atoms with Crippen LogP contribution < -0.4 is 15.6 Å². The largest absolute Gasteiger partial charge is 0.477 e. The van der Waals surface area contributed by atoms with Crippen molar-refractivity contribution in [1.82, 2.24) is 9.88 Å². The second-order valence-electron chi connectivity index (χ2n) is 7.56. The highest BCUT2D eigenvalue weighted by Crippen LogP contribution is 2.44. The van der Waals surface area contributed by atoms with Gasteiger partial charge in [0.2, 0.25) is 5.43 Å². The highest BCUT2D eigenvalue weighted by molar-refractivity contribution is 8.00. The molecule has 144 valence electrons. The number of anilines is 1. The van der Waals surface area contributed by atoms with E-state index < -0.39 is 17.2 Å². The number of piperazine rings is 1. The van der Waals surface area contributed by atoms with Crippen molar-refractivity contribution in [3.05, 3.63) is 33.9 Å². The molecule has 2 aliphatic rings. The zero-order chi connectivity index (χ0) is 19.5. The van der Waals surface area contributed by atoms with E-state index in [9.17, 15) is 14.7 Å². The third-order valence-electron chi connectivity index (χ3n) is 5.12. The monoisotopic (exact) mass is 391 g/mol. The molecule has 8 heteroatoms. The Morgan fingerprint density at radius 3 is 2.56 bits per heavy atom. The lowest BCUT2D eigenvalue weighted by Crippen LogP contribution is -2.54. The molecular weight excluding hydrogens is 369 g/mol. The van der Waals surface area contributed by atoms with Crippen molar-refractivity contribution in [3.8, 4) is 0 Å². The molecule has 0 amide bonds. The standard InChI is InChI=1S/C19H22FN3O3S/c1-9-5-22(6-10(2)21-9)16-14(20)4-12-15-18(16)27-11(3)7-23(15)8-13(17(12)24)19(25)26/h4,8-11,21H,5-7H2,1-3H3,(H,25,26). The summed E-state index contributed by atoms with van der Waals surface area (Å²) in [6, 6.07) is 1.66. The van der Waals surface area contributed by atoms with E-state index in [-0.39, 0.29) is 28.3 Å². The summed E-state index contributed by atoms with van der Waals surface area (Å²) in [5.41, 5.74) is 0.223. The van der Waals surface area contributed by atoms with Crippen LogP contribution in [0.15, 0.2) is 22.0 Å². The number of nitrogens with zero attached hydrogens (tertiary/aromatic N) is 2. The molecule has 2 aromatic rings. The van der Waals surface area contributed by atoms with Crippen molar-refractivity contribution < 1.29 is 14.3 Å². The van der Waals surface area contributed by atoms with Crippen LogP contribution in [0.3, 0.4) is 0 Å². The molecule has 2 N–H and O–H groups in total. The molecule has 3 heterocycles. The minimum Gasteiger partial charge on any atom is -0.477 e. The van der Waals surface area contributed by atoms with E-state index in [0.29, 0.717) is 30.8 Å². The normalized spacial score (nSPS) is 25.0. The van der Waals surface area contributed by atoms with E-state index in [4.69, 9.17) is 0 Å². The quantitative estimate of drug-likeness (QED) is 0.820. The number of hydrogen-bond acceptors (Lipinski definition) is 5. The predicted molar refractivity (Wildman–Crippen MR) is 105 cm³/mol. The second-order valence-corrected chi connectivity index (χ2v) is 9.01. The lowest BCUT2D eigenvalue weighted by Gasteiger charge is -2.39. The van der Waals surface area contributed by atoms with Gasteiger partial charge < -0.3 is 19.9 Å². The molecule has 27 heavy (non-hydrogen) atoms. The van der Waals surface area contributed by atoms with Gasteiger partial charge in [-0.05, 0) is 19.9 Å². The third kappa shape index (κ3) is 3.00. The molecule has 3 atom stereocenters. The van der Waals surface area contributed by atoms with Crippen LogP contribution in [-0.4, -0.2) is 46.1 Å². The molecule has 1 fully saturated rings. The first kappa shape index (κ1) is 18.3. The average molecular weight is 391 g/mol. The fraction of sp³-hybridized carbons (Fsp3) is 0.474. The number of carboxylic acids is 1. The van der Waals surface area contributed by atoms with Gasteiger partial charge in [0.05, 0.1) is 21.5 Å². The summed E-state index contributed by atoms with van der Waals surface area (Å²) in [6.45, 7) is 8.08. The number of carboxylic acid groups (broad SMARTS) is 1. The lowest BCUT2D eigenvalue weighted by atomic mass is 10.1. The van der Waals surface area contributed by atoms with Crippen molar-refractivity contribution in [2.24, 2.45) is 0 Å². The van der Waals surface area contributed by atoms with Gasteiger partial charge in [-0.2, -0.15) is 0 Å². The fourth-order valence-electron chi connectivity index (χ4n) is 4.22. The van der Waals surface area contributed by atoms with E-state index in [1.165, 1.54) is 12.3 Å². The minimum atomic E-state index is -1.28. The van der Waals surface area contributed by atoms with E-state index in [1.54, 1.807) is 16.3 Å². The van der Waals surface area contributed by atoms with Crippen molar-refractivity contribution >= 4 is 34.3 Å². The summed E-state index contributed by atoms with van der Waals surface area (Å²) < 4.78 is 17.0. The Bertz CT molecular complexity index is 996. The molecule has 0 aliphatic carbocycles. The minimum absolute atomic E-state index is 0.141. The number of aromatic carboxylic acids is 1. The first-order valence-electron chi connectivity index (χ1n) is 9.06. The predicted octanol–water partition coefficient (Wildman–Crippen LogP) is 2.52. The Morgan fingerprint density at radius 1 is 1.26 bits per heavy atom. The van der Waals surface area contributed by atoms with Crippen LogP contribution in [0.5, 0.6) is 0 Å². The number of aromatic nitrogens is 1. The summed E-state index contributed by atoms with van der Waals surface area (Å²) in [6.07, 6.45) is 1.40. The number of benzene rings is 1. The SMILES string of the molecule is CC1CN(c2c(F)cc3c(=O)c(C(=O)O)cn4c3c2SC(C)C4)CC(C)N1. The number of hydrogen-bond donors (Lipinski definition) is 2. The number of carbonyl (C=O) groups is 1. The number of halogens is 1. The molecule has 2 aliphatic heterocycles. The maximum absolute atomic E-state index is 15.2. The molecule has 0 bridgehead atoms. The number of rotatable bonds is 2. The Balaban J connectivity index is 2.01. The first-order chi connectivity index (χ1) is 12.8. The zero-order valence-electron chi connectivity index (χ0n) is 15.5. The second kappa shape index (κ2) is 6.53. The Morgan fingerprint density at radius 2 is 1.93 bits per heavy atom. The van der Waals surface area contributed by atoms with Crippen LogP contribution >= 0.6 is 11.8 Å². The van der Waals surface area contributed by atoms with Gasteiger partial charge in [-0.1, -0.05) is 6.92 Å². The van der Waals surface area contributed by atoms with Gasteiger partial charge in [0, 0.05) is 43.2 Å². The Labute approximate surface area is 160 Å². The maximum Gasteiger partial charge on any atom is 0.341 e. The van der Waals surface area contributed by atoms with Crippen LogP contribution in [0.2, 0.25) is 0 Å². The Hall–Kier alpha value is -2.06. The van der Waals surface area contributed by atoms with Gasteiger partial charge in [-0.25, -0.2) is 9.18 Å². The zero-order valence-corrected chi connectivity index (χ0v) is 16.3. The van der Waals surface area contributed by atoms with E-state index in [2.05, 4.69) is 19.2 Å². The topological polar surface area (TPSA) is 74.6 Å². The highest BCUT2D eigenvalue weighted by Gasteiger charge is 2.31. The fourth-order valence-corrected chi connectivity index (χ4v) is 5.53. The van der Waals surface area contributed by atoms with Crippen molar-refractivity contribution in [3.63, 3.8) is 0 Å². The molecule has 1 aromatic heterocycles. The molecule has 6 nitrogen and oxygen atoms in total. The maximum atomic E-state index is 15.2. The summed E-state index contributed by atoms with van der Waals surface area (Å²) in [7, 11) is 0. The third-order valence-corrected chi connectivity index (χ3v) is 6.29. The van der Waals surface area contributed by atoms with Crippen LogP contribution in [0.25, 0.3) is 10.9 Å². The molecule has 1 saturated heterocycles. The van der Waals surface area contributed by atoms with Crippen molar-refractivity contribution in [1.29, 1.82) is 0 Å². The Kier molecular flexibility index (Phi) is 4.43. The lowest BCUT2D eigenvalue weighted by molar-refractivity contribution is 0.0694. The number of thioether (sulfide) groups is 1. The molecule has 4 rings (SSSR count). The van der Waals surface area contributed by atoms with Gasteiger partial charge in [-0.15, -0.1) is 11.8 Å². The van der Waals surface area contributed by atoms with Gasteiger partial charge in [-0.3, -0.25) is 4.79 Å². The van der Waals surface area contributed by atoms with Crippen LogP contribution in [-0.2, 0) is 6.54 Å². The smallest absolute Gasteiger partial charge is 0.341 e. The molecule has 0 spiro atoms. The van der Waals surface area contributed by atoms with Crippen LogP contribution in [0.1, 0.15) is 31.1 Å². The van der Waals surface area contributed by atoms with Crippen LogP contribution in [0.4, 0.5) is 10.1 Å². The van der Waals surface area contributed by atoms with Gasteiger partial charge >= 0.3 is 5.97 Å². The van der Waals surface area contributed by atoms with Crippen LogP contribution in [0, 0.1) is 5.82 Å². The van der Waals surface area contributed by atoms with Gasteiger partial charge in [0.1, 0.15) is 11.4 Å². The summed E-state index contributed by atoms with van der Waals surface area (Å²) in [5.74, 6) is -1.75. The van der Waals surface area contributed by atoms with Gasteiger partial charge in [0.25, 0.3) is 0 Å². The summed E-state index contributed by atoms with van der Waals surface area (Å²) >= 11 is 1.55. The number of nitrogens with one attached hydrogen (secondary N) is 1. The van der Waals surface area contributed by atoms with Gasteiger partial charge in [0.15, 0.2) is 0 Å². The summed E-state index contributed by atoms with van der Waals surface area (Å²) in [5, 5.41) is 13.1. The molecule has 1 aromatic carbocycles. The van der Waals surface area contributed by atoms with Crippen molar-refractivity contribution in [2.75, 3.05) is 18.0 Å². The first-order valence-corrected chi connectivity index (χ1v) is 9.94. The molecule has 3 unspecified atom stereocenters. The van der Waals surface area contributed by atoms with Crippen molar-refractivity contribution in [2.45, 2.75) is 49.5 Å². The molecule has 0 saturated carbocycles. The molecule has 0 radical (unpaired) electrons. The number of pyridine rings is 1. The van der Waals surface area contributed by atoms with E-state index in [1.807, 2.05) is 11.8 Å². The van der Waals surface area contributed by atoms with E-state index in [0.717, 1.165) is 4.90 Å². The summed E-state index contributed by atoms with van der Waals surface area (Å²) in [4.78, 5) is 26.9. The highest BCUT2D eigenvalue weighted by atomic mass is 32.2. The molecular formula is C19H22FN3O3S.